The van der Waals surface area contributed by atoms with Gasteiger partial charge in [-0.2, -0.15) is 0 Å². The molecule has 5 heteroatoms. The molecule has 0 unspecified atom stereocenters. The van der Waals surface area contributed by atoms with Crippen LogP contribution in [0, 0.1) is 20.8 Å². The number of aryl methyl sites for hydroxylation is 3. The Bertz CT molecular complexity index is 1180. The van der Waals surface area contributed by atoms with E-state index in [2.05, 4.69) is 56.5 Å². The number of anilines is 1. The summed E-state index contributed by atoms with van der Waals surface area (Å²) in [5.74, 6) is -0.272. The molecule has 0 radical (unpaired) electrons. The summed E-state index contributed by atoms with van der Waals surface area (Å²) < 4.78 is 2.25. The van der Waals surface area contributed by atoms with Gasteiger partial charge in [-0.25, -0.2) is 4.90 Å². The maximum Gasteiger partial charge on any atom is 0.298 e. The van der Waals surface area contributed by atoms with Crippen molar-refractivity contribution in [3.8, 4) is 5.69 Å². The normalized spacial score (nSPS) is 15.5. The minimum atomic E-state index is -0.272. The first-order valence-electron chi connectivity index (χ1n) is 10.0. The standard InChI is InChI=1S/C25H24N2O2S/c1-5-19-11-9-10-16(2)23(19)26-17(3)14-20(18(26)4)15-22-24(28)27(25(29)30-22)21-12-7-6-8-13-21/h6-15H,5H2,1-4H3/b22-15+. The van der Waals surface area contributed by atoms with E-state index in [1.54, 1.807) is 12.1 Å². The van der Waals surface area contributed by atoms with Crippen molar-refractivity contribution in [2.75, 3.05) is 4.90 Å². The van der Waals surface area contributed by atoms with Crippen LogP contribution in [-0.4, -0.2) is 15.7 Å². The Balaban J connectivity index is 1.76. The summed E-state index contributed by atoms with van der Waals surface area (Å²) in [6.45, 7) is 8.42. The second kappa shape index (κ2) is 8.00. The largest absolute Gasteiger partial charge is 0.317 e. The van der Waals surface area contributed by atoms with Crippen LogP contribution in [0.1, 0.15) is 35.0 Å². The van der Waals surface area contributed by atoms with E-state index < -0.39 is 0 Å². The van der Waals surface area contributed by atoms with Crippen molar-refractivity contribution in [1.29, 1.82) is 0 Å². The van der Waals surface area contributed by atoms with Crippen molar-refractivity contribution in [1.82, 2.24) is 4.57 Å². The number of nitrogens with zero attached hydrogens (tertiary/aromatic N) is 2. The summed E-state index contributed by atoms with van der Waals surface area (Å²) in [6, 6.07) is 17.5. The number of hydrogen-bond acceptors (Lipinski definition) is 3. The highest BCUT2D eigenvalue weighted by Gasteiger charge is 2.36. The molecule has 1 aromatic heterocycles. The smallest absolute Gasteiger partial charge is 0.298 e. The van der Waals surface area contributed by atoms with Crippen molar-refractivity contribution in [3.63, 3.8) is 0 Å². The molecule has 0 bridgehead atoms. The monoisotopic (exact) mass is 416 g/mol. The fraction of sp³-hybridized carbons (Fsp3) is 0.200. The molecule has 0 atom stereocenters. The minimum Gasteiger partial charge on any atom is -0.317 e. The number of carbonyl (C=O) groups excluding carboxylic acids is 2. The maximum absolute atomic E-state index is 13.0. The van der Waals surface area contributed by atoms with Crippen LogP contribution in [0.2, 0.25) is 0 Å². The predicted octanol–water partition coefficient (Wildman–Crippen LogP) is 6.21. The van der Waals surface area contributed by atoms with Crippen LogP contribution >= 0.6 is 11.8 Å². The van der Waals surface area contributed by atoms with Gasteiger partial charge in [0, 0.05) is 11.4 Å². The molecule has 0 spiro atoms. The van der Waals surface area contributed by atoms with Gasteiger partial charge < -0.3 is 4.57 Å². The zero-order valence-corrected chi connectivity index (χ0v) is 18.4. The van der Waals surface area contributed by atoms with Gasteiger partial charge in [0.05, 0.1) is 16.3 Å². The third kappa shape index (κ3) is 3.39. The fourth-order valence-electron chi connectivity index (χ4n) is 4.01. The van der Waals surface area contributed by atoms with Gasteiger partial charge in [0.2, 0.25) is 0 Å². The van der Waals surface area contributed by atoms with E-state index >= 15 is 0 Å². The molecule has 4 rings (SSSR count). The summed E-state index contributed by atoms with van der Waals surface area (Å²) in [4.78, 5) is 27.2. The fourth-order valence-corrected chi connectivity index (χ4v) is 4.84. The Hall–Kier alpha value is -3.05. The van der Waals surface area contributed by atoms with Gasteiger partial charge in [-0.05, 0) is 79.9 Å². The second-order valence-corrected chi connectivity index (χ2v) is 8.44. The molecule has 2 aromatic carbocycles. The molecular formula is C25H24N2O2S. The van der Waals surface area contributed by atoms with Gasteiger partial charge in [-0.1, -0.05) is 43.3 Å². The lowest BCUT2D eigenvalue weighted by Gasteiger charge is -2.17. The van der Waals surface area contributed by atoms with Crippen LogP contribution in [0.4, 0.5) is 10.5 Å². The first-order chi connectivity index (χ1) is 14.4. The van der Waals surface area contributed by atoms with Gasteiger partial charge >= 0.3 is 0 Å². The number of rotatable bonds is 4. The maximum atomic E-state index is 13.0. The predicted molar refractivity (Wildman–Crippen MR) is 124 cm³/mol. The SMILES string of the molecule is CCc1cccc(C)c1-n1c(C)cc(/C=C2/SC(=O)N(c3ccccc3)C2=O)c1C. The lowest BCUT2D eigenvalue weighted by molar-refractivity contribution is -0.113. The molecule has 152 valence electrons. The topological polar surface area (TPSA) is 42.3 Å². The van der Waals surface area contributed by atoms with Crippen LogP contribution in [0.3, 0.4) is 0 Å². The van der Waals surface area contributed by atoms with Gasteiger partial charge in [0.15, 0.2) is 0 Å². The van der Waals surface area contributed by atoms with Crippen LogP contribution in [0.15, 0.2) is 59.5 Å². The molecule has 4 nitrogen and oxygen atoms in total. The molecule has 3 aromatic rings. The molecule has 1 aliphatic rings. The van der Waals surface area contributed by atoms with E-state index in [0.717, 1.165) is 35.1 Å². The average Bonchev–Trinajstić information content (AvgIpc) is 3.17. The van der Waals surface area contributed by atoms with Gasteiger partial charge in [0.1, 0.15) is 0 Å². The Morgan fingerprint density at radius 1 is 0.967 bits per heavy atom. The van der Waals surface area contributed by atoms with Crippen LogP contribution in [0.25, 0.3) is 11.8 Å². The highest BCUT2D eigenvalue weighted by atomic mass is 32.2. The van der Waals surface area contributed by atoms with E-state index in [1.165, 1.54) is 21.7 Å². The number of benzene rings is 2. The highest BCUT2D eigenvalue weighted by molar-refractivity contribution is 8.19. The van der Waals surface area contributed by atoms with Gasteiger partial charge in [-0.3, -0.25) is 9.59 Å². The third-order valence-corrected chi connectivity index (χ3v) is 6.36. The molecule has 0 N–H and O–H groups in total. The van der Waals surface area contributed by atoms with Crippen molar-refractivity contribution in [3.05, 3.63) is 87.6 Å². The average molecular weight is 417 g/mol. The zero-order valence-electron chi connectivity index (χ0n) is 17.6. The number of thioether (sulfide) groups is 1. The summed E-state index contributed by atoms with van der Waals surface area (Å²) in [5, 5.41) is -0.265. The van der Waals surface area contributed by atoms with Crippen LogP contribution in [-0.2, 0) is 11.2 Å². The molecule has 1 fully saturated rings. The van der Waals surface area contributed by atoms with Gasteiger partial charge in [-0.15, -0.1) is 0 Å². The summed E-state index contributed by atoms with van der Waals surface area (Å²) in [5.41, 5.74) is 7.41. The van der Waals surface area contributed by atoms with Crippen LogP contribution in [0.5, 0.6) is 0 Å². The highest BCUT2D eigenvalue weighted by Crippen LogP contribution is 2.37. The van der Waals surface area contributed by atoms with E-state index in [1.807, 2.05) is 24.3 Å². The van der Waals surface area contributed by atoms with E-state index in [9.17, 15) is 9.59 Å². The Morgan fingerprint density at radius 3 is 2.40 bits per heavy atom. The first-order valence-corrected chi connectivity index (χ1v) is 10.8. The Morgan fingerprint density at radius 2 is 1.70 bits per heavy atom. The lowest BCUT2D eigenvalue weighted by Crippen LogP contribution is -2.27. The summed E-state index contributed by atoms with van der Waals surface area (Å²) >= 11 is 0.991. The van der Waals surface area contributed by atoms with Crippen molar-refractivity contribution < 1.29 is 9.59 Å². The molecule has 0 saturated carbocycles. The van der Waals surface area contributed by atoms with E-state index in [-0.39, 0.29) is 11.1 Å². The van der Waals surface area contributed by atoms with Crippen LogP contribution < -0.4 is 4.90 Å². The first kappa shape index (κ1) is 20.2. The Kier molecular flexibility index (Phi) is 5.39. The van der Waals surface area contributed by atoms with Gasteiger partial charge in [0.25, 0.3) is 11.1 Å². The molecular weight excluding hydrogens is 392 g/mol. The minimum absolute atomic E-state index is 0.265. The second-order valence-electron chi connectivity index (χ2n) is 7.45. The van der Waals surface area contributed by atoms with Crippen molar-refractivity contribution in [2.45, 2.75) is 34.1 Å². The van der Waals surface area contributed by atoms with Crippen molar-refractivity contribution in [2.24, 2.45) is 0 Å². The molecule has 2 heterocycles. The molecule has 0 aliphatic carbocycles. The van der Waals surface area contributed by atoms with Crippen molar-refractivity contribution >= 4 is 34.7 Å². The number of carbonyl (C=O) groups is 2. The quantitative estimate of drug-likeness (QED) is 0.475. The zero-order chi connectivity index (χ0) is 21.4. The molecule has 1 saturated heterocycles. The summed E-state index contributed by atoms with van der Waals surface area (Å²) in [6.07, 6.45) is 2.79. The third-order valence-electron chi connectivity index (χ3n) is 5.49. The summed E-state index contributed by atoms with van der Waals surface area (Å²) in [7, 11) is 0. The Labute approximate surface area is 181 Å². The number of imide groups is 1. The molecule has 30 heavy (non-hydrogen) atoms. The van der Waals surface area contributed by atoms with E-state index in [4.69, 9.17) is 0 Å². The number of aromatic nitrogens is 1. The number of amides is 2. The number of para-hydroxylation sites is 2. The number of hydrogen-bond donors (Lipinski definition) is 0. The lowest BCUT2D eigenvalue weighted by atomic mass is 10.1. The molecule has 2 amide bonds. The molecule has 1 aliphatic heterocycles. The van der Waals surface area contributed by atoms with E-state index in [0.29, 0.717) is 10.6 Å².